The molecule has 0 spiro atoms. The summed E-state index contributed by atoms with van der Waals surface area (Å²) in [5.41, 5.74) is 2.31. The predicted octanol–water partition coefficient (Wildman–Crippen LogP) is 1.88. The molecule has 2 aromatic rings. The summed E-state index contributed by atoms with van der Waals surface area (Å²) in [5, 5.41) is 10.6. The molecule has 1 aliphatic rings. The molecule has 1 aliphatic heterocycles. The van der Waals surface area contributed by atoms with E-state index >= 15 is 0 Å². The minimum Gasteiger partial charge on any atom is -0.372 e. The van der Waals surface area contributed by atoms with Crippen molar-refractivity contribution in [3.05, 3.63) is 36.2 Å². The molecular formula is C15H23N5O. The van der Waals surface area contributed by atoms with E-state index in [9.17, 15) is 0 Å². The summed E-state index contributed by atoms with van der Waals surface area (Å²) in [6, 6.07) is 2.01. The fourth-order valence-corrected chi connectivity index (χ4v) is 2.99. The highest BCUT2D eigenvalue weighted by atomic mass is 16.5. The molecule has 3 rings (SSSR count). The second kappa shape index (κ2) is 6.87. The van der Waals surface area contributed by atoms with Crippen molar-refractivity contribution in [2.24, 2.45) is 5.92 Å². The molecule has 0 amide bonds. The van der Waals surface area contributed by atoms with Crippen LogP contribution >= 0.6 is 0 Å². The van der Waals surface area contributed by atoms with Crippen molar-refractivity contribution in [1.82, 2.24) is 25.1 Å². The number of imidazole rings is 1. The number of hydrogen-bond donors (Lipinski definition) is 2. The summed E-state index contributed by atoms with van der Waals surface area (Å²) in [6.45, 7) is 5.72. The van der Waals surface area contributed by atoms with Gasteiger partial charge in [-0.25, -0.2) is 4.98 Å². The van der Waals surface area contributed by atoms with Gasteiger partial charge in [-0.15, -0.1) is 0 Å². The standard InChI is InChI=1S/C15H23N5O/c1-2-20-11-17-10-13(20)9-16-8-12-4-3-7-21-15(12)14-5-6-18-19-14/h5-6,10-12,15-16H,2-4,7-9H2,1H3,(H,18,19)/t12-,15+/m0/s1. The van der Waals surface area contributed by atoms with Gasteiger partial charge in [0.25, 0.3) is 0 Å². The summed E-state index contributed by atoms with van der Waals surface area (Å²) in [5.74, 6) is 0.484. The topological polar surface area (TPSA) is 67.8 Å². The molecule has 0 aromatic carbocycles. The van der Waals surface area contributed by atoms with E-state index < -0.39 is 0 Å². The first kappa shape index (κ1) is 14.3. The van der Waals surface area contributed by atoms with E-state index in [4.69, 9.17) is 4.74 Å². The summed E-state index contributed by atoms with van der Waals surface area (Å²) in [4.78, 5) is 4.20. The number of hydrogen-bond acceptors (Lipinski definition) is 4. The van der Waals surface area contributed by atoms with E-state index in [1.807, 2.05) is 18.6 Å². The number of H-pyrrole nitrogens is 1. The zero-order valence-corrected chi connectivity index (χ0v) is 12.5. The van der Waals surface area contributed by atoms with Gasteiger partial charge in [-0.05, 0) is 25.8 Å². The van der Waals surface area contributed by atoms with Crippen LogP contribution in [0.1, 0.15) is 37.3 Å². The third kappa shape index (κ3) is 3.33. The molecule has 1 saturated heterocycles. The smallest absolute Gasteiger partial charge is 0.103 e. The molecule has 114 valence electrons. The highest BCUT2D eigenvalue weighted by molar-refractivity contribution is 5.05. The Morgan fingerprint density at radius 3 is 3.29 bits per heavy atom. The molecule has 2 N–H and O–H groups in total. The monoisotopic (exact) mass is 289 g/mol. The van der Waals surface area contributed by atoms with Crippen molar-refractivity contribution in [1.29, 1.82) is 0 Å². The fourth-order valence-electron chi connectivity index (χ4n) is 2.99. The molecule has 0 radical (unpaired) electrons. The Balaban J connectivity index is 1.55. The molecule has 0 unspecified atom stereocenters. The number of aromatic amines is 1. The molecule has 6 heteroatoms. The molecule has 0 saturated carbocycles. The van der Waals surface area contributed by atoms with Gasteiger partial charge in [0.15, 0.2) is 0 Å². The van der Waals surface area contributed by atoms with E-state index in [-0.39, 0.29) is 6.10 Å². The first-order valence-electron chi connectivity index (χ1n) is 7.69. The van der Waals surface area contributed by atoms with Gasteiger partial charge in [-0.2, -0.15) is 5.10 Å². The van der Waals surface area contributed by atoms with E-state index in [1.165, 1.54) is 12.1 Å². The quantitative estimate of drug-likeness (QED) is 0.852. The predicted molar refractivity (Wildman–Crippen MR) is 79.6 cm³/mol. The zero-order chi connectivity index (χ0) is 14.5. The van der Waals surface area contributed by atoms with E-state index in [0.29, 0.717) is 5.92 Å². The van der Waals surface area contributed by atoms with Crippen molar-refractivity contribution in [3.8, 4) is 0 Å². The normalized spacial score (nSPS) is 22.5. The molecule has 3 heterocycles. The zero-order valence-electron chi connectivity index (χ0n) is 12.5. The molecule has 0 aliphatic carbocycles. The van der Waals surface area contributed by atoms with Crippen LogP contribution in [0, 0.1) is 5.92 Å². The Labute approximate surface area is 124 Å². The van der Waals surface area contributed by atoms with E-state index in [1.54, 1.807) is 6.20 Å². The highest BCUT2D eigenvalue weighted by Gasteiger charge is 2.28. The Kier molecular flexibility index (Phi) is 4.67. The van der Waals surface area contributed by atoms with Gasteiger partial charge in [0.2, 0.25) is 0 Å². The summed E-state index contributed by atoms with van der Waals surface area (Å²) >= 11 is 0. The minimum absolute atomic E-state index is 0.129. The Morgan fingerprint density at radius 2 is 2.48 bits per heavy atom. The first-order valence-corrected chi connectivity index (χ1v) is 7.69. The first-order chi connectivity index (χ1) is 10.4. The maximum Gasteiger partial charge on any atom is 0.103 e. The summed E-state index contributed by atoms with van der Waals surface area (Å²) < 4.78 is 8.10. The number of nitrogens with one attached hydrogen (secondary N) is 2. The second-order valence-corrected chi connectivity index (χ2v) is 5.51. The molecular weight excluding hydrogens is 266 g/mol. The van der Waals surface area contributed by atoms with Crippen molar-refractivity contribution >= 4 is 0 Å². The third-order valence-electron chi connectivity index (χ3n) is 4.13. The SMILES string of the molecule is CCn1cncc1CNC[C@@H]1CCCO[C@H]1c1ccn[nH]1. The van der Waals surface area contributed by atoms with Crippen LogP contribution in [0.2, 0.25) is 0 Å². The van der Waals surface area contributed by atoms with Crippen molar-refractivity contribution in [2.45, 2.75) is 39.0 Å². The van der Waals surface area contributed by atoms with Crippen LogP contribution in [0.25, 0.3) is 0 Å². The average Bonchev–Trinajstić information content (AvgIpc) is 3.19. The molecule has 21 heavy (non-hydrogen) atoms. The third-order valence-corrected chi connectivity index (χ3v) is 4.13. The van der Waals surface area contributed by atoms with Crippen LogP contribution < -0.4 is 5.32 Å². The van der Waals surface area contributed by atoms with Gasteiger partial charge in [0, 0.05) is 44.6 Å². The lowest BCUT2D eigenvalue weighted by Crippen LogP contribution is -2.32. The number of aromatic nitrogens is 4. The van der Waals surface area contributed by atoms with Gasteiger partial charge >= 0.3 is 0 Å². The van der Waals surface area contributed by atoms with Gasteiger partial charge in [-0.1, -0.05) is 0 Å². The lowest BCUT2D eigenvalue weighted by molar-refractivity contribution is -0.0303. The average molecular weight is 289 g/mol. The van der Waals surface area contributed by atoms with Gasteiger partial charge in [0.1, 0.15) is 6.10 Å². The fraction of sp³-hybridized carbons (Fsp3) is 0.600. The number of ether oxygens (including phenoxy) is 1. The number of aryl methyl sites for hydroxylation is 1. The van der Waals surface area contributed by atoms with Gasteiger partial charge in [0.05, 0.1) is 17.7 Å². The van der Waals surface area contributed by atoms with Crippen molar-refractivity contribution < 1.29 is 4.74 Å². The Hall–Kier alpha value is -1.66. The van der Waals surface area contributed by atoms with Crippen LogP contribution in [-0.4, -0.2) is 32.9 Å². The number of rotatable bonds is 6. The number of nitrogens with zero attached hydrogens (tertiary/aromatic N) is 3. The van der Waals surface area contributed by atoms with Gasteiger partial charge in [-0.3, -0.25) is 5.10 Å². The summed E-state index contributed by atoms with van der Waals surface area (Å²) in [7, 11) is 0. The van der Waals surface area contributed by atoms with Crippen LogP contribution in [0.4, 0.5) is 0 Å². The van der Waals surface area contributed by atoms with Crippen LogP contribution in [0.15, 0.2) is 24.8 Å². The molecule has 6 nitrogen and oxygen atoms in total. The van der Waals surface area contributed by atoms with Gasteiger partial charge < -0.3 is 14.6 Å². The van der Waals surface area contributed by atoms with E-state index in [2.05, 4.69) is 32.0 Å². The molecule has 2 atom stereocenters. The molecule has 0 bridgehead atoms. The second-order valence-electron chi connectivity index (χ2n) is 5.51. The lowest BCUT2D eigenvalue weighted by Gasteiger charge is -2.31. The molecule has 1 fully saturated rings. The van der Waals surface area contributed by atoms with Crippen LogP contribution in [0.5, 0.6) is 0 Å². The Morgan fingerprint density at radius 1 is 1.52 bits per heavy atom. The highest BCUT2D eigenvalue weighted by Crippen LogP contribution is 2.31. The maximum absolute atomic E-state index is 5.94. The largest absolute Gasteiger partial charge is 0.372 e. The van der Waals surface area contributed by atoms with Crippen molar-refractivity contribution in [2.75, 3.05) is 13.2 Å². The minimum atomic E-state index is 0.129. The van der Waals surface area contributed by atoms with Crippen LogP contribution in [0.3, 0.4) is 0 Å². The lowest BCUT2D eigenvalue weighted by atomic mass is 9.92. The molecule has 2 aromatic heterocycles. The summed E-state index contributed by atoms with van der Waals surface area (Å²) in [6.07, 6.45) is 8.05. The Bertz CT molecular complexity index is 536. The van der Waals surface area contributed by atoms with E-state index in [0.717, 1.165) is 38.4 Å². The van der Waals surface area contributed by atoms with Crippen LogP contribution in [-0.2, 0) is 17.8 Å². The van der Waals surface area contributed by atoms with Crippen molar-refractivity contribution in [3.63, 3.8) is 0 Å². The maximum atomic E-state index is 5.94.